The average Bonchev–Trinajstić information content (AvgIpc) is 2.77. The van der Waals surface area contributed by atoms with Gasteiger partial charge in [0.15, 0.2) is 0 Å². The molecule has 0 amide bonds. The van der Waals surface area contributed by atoms with Gasteiger partial charge in [-0.3, -0.25) is 9.36 Å². The van der Waals surface area contributed by atoms with Crippen molar-refractivity contribution >= 4 is 27.7 Å². The molecule has 0 atom stereocenters. The fraction of sp³-hybridized carbons (Fsp3) is 0.276. The van der Waals surface area contributed by atoms with Crippen molar-refractivity contribution in [3.63, 3.8) is 0 Å². The highest BCUT2D eigenvalue weighted by atomic mass is 16.5. The number of allylic oxidation sites excluding steroid dienone is 9. The Morgan fingerprint density at radius 1 is 1.12 bits per heavy atom. The second kappa shape index (κ2) is 11.3. The van der Waals surface area contributed by atoms with Crippen LogP contribution < -0.4 is 5.56 Å². The van der Waals surface area contributed by atoms with Crippen molar-refractivity contribution < 1.29 is 4.74 Å². The van der Waals surface area contributed by atoms with Crippen LogP contribution in [0.25, 0.3) is 27.7 Å². The zero-order valence-electron chi connectivity index (χ0n) is 20.3. The number of hydrogen-bond acceptors (Lipinski definition) is 2. The molecule has 32 heavy (non-hydrogen) atoms. The van der Waals surface area contributed by atoms with Gasteiger partial charge in [-0.25, -0.2) is 0 Å². The van der Waals surface area contributed by atoms with E-state index >= 15 is 0 Å². The standard InChI is InChI=1S/C29H35NO2/c1-9-15-23(16-10-2)30-25-18-14-13-17-24(25)28(27(29(30)31)21(7)12-4)26(20(5)6)22(8)32-19-11-3/h9-10,12-18H,1,8,11,19H2,2-7H3/b16-10-,21-12+,23-15+. The van der Waals surface area contributed by atoms with Crippen molar-refractivity contribution in [1.82, 2.24) is 4.57 Å². The lowest BCUT2D eigenvalue weighted by molar-refractivity contribution is 0.229. The average molecular weight is 430 g/mol. The molecule has 1 aromatic heterocycles. The zero-order chi connectivity index (χ0) is 23.8. The molecule has 0 spiro atoms. The number of fused-ring (bicyclic) bond motifs is 1. The van der Waals surface area contributed by atoms with Gasteiger partial charge in [-0.1, -0.05) is 62.1 Å². The fourth-order valence-electron chi connectivity index (χ4n) is 3.83. The van der Waals surface area contributed by atoms with Crippen molar-refractivity contribution in [3.8, 4) is 0 Å². The van der Waals surface area contributed by atoms with Crippen LogP contribution in [-0.2, 0) is 4.74 Å². The summed E-state index contributed by atoms with van der Waals surface area (Å²) in [4.78, 5) is 14.1. The van der Waals surface area contributed by atoms with Crippen molar-refractivity contribution in [1.29, 1.82) is 0 Å². The number of nitrogens with zero attached hydrogens (tertiary/aromatic N) is 1. The number of benzene rings is 1. The van der Waals surface area contributed by atoms with Crippen molar-refractivity contribution in [2.24, 2.45) is 0 Å². The first kappa shape index (κ1) is 24.9. The lowest BCUT2D eigenvalue weighted by Crippen LogP contribution is -2.25. The van der Waals surface area contributed by atoms with E-state index in [0.29, 0.717) is 17.9 Å². The normalized spacial score (nSPS) is 12.3. The Balaban J connectivity index is 3.17. The summed E-state index contributed by atoms with van der Waals surface area (Å²) < 4.78 is 7.73. The van der Waals surface area contributed by atoms with Gasteiger partial charge in [0, 0.05) is 22.2 Å². The molecule has 0 radical (unpaired) electrons. The van der Waals surface area contributed by atoms with E-state index in [1.807, 2.05) is 77.1 Å². The van der Waals surface area contributed by atoms with E-state index in [1.165, 1.54) is 0 Å². The molecule has 0 aliphatic rings. The summed E-state index contributed by atoms with van der Waals surface area (Å²) in [7, 11) is 0. The van der Waals surface area contributed by atoms with Gasteiger partial charge in [-0.2, -0.15) is 0 Å². The molecule has 168 valence electrons. The number of para-hydroxylation sites is 1. The molecule has 1 heterocycles. The van der Waals surface area contributed by atoms with E-state index in [4.69, 9.17) is 4.74 Å². The van der Waals surface area contributed by atoms with Crippen molar-refractivity contribution in [3.05, 3.63) is 101 Å². The predicted octanol–water partition coefficient (Wildman–Crippen LogP) is 7.76. The largest absolute Gasteiger partial charge is 0.494 e. The predicted molar refractivity (Wildman–Crippen MR) is 140 cm³/mol. The summed E-state index contributed by atoms with van der Waals surface area (Å²) in [5.74, 6) is 0.592. The molecular weight excluding hydrogens is 394 g/mol. The van der Waals surface area contributed by atoms with E-state index in [1.54, 1.807) is 10.6 Å². The Bertz CT molecular complexity index is 1200. The Hall–Kier alpha value is -3.33. The Morgan fingerprint density at radius 3 is 2.38 bits per heavy atom. The highest BCUT2D eigenvalue weighted by Gasteiger charge is 2.24. The molecule has 1 aromatic carbocycles. The van der Waals surface area contributed by atoms with Crippen LogP contribution in [0.5, 0.6) is 0 Å². The minimum absolute atomic E-state index is 0.0810. The van der Waals surface area contributed by atoms with Crippen LogP contribution in [0.4, 0.5) is 0 Å². The van der Waals surface area contributed by atoms with Crippen LogP contribution >= 0.6 is 0 Å². The third-order valence-electron chi connectivity index (χ3n) is 5.30. The SMILES string of the molecule is C=C/C=C(\C=C/C)n1c(=O)c(/C(C)=C/C)c(C(C(=C)OCCC)=C(C)C)c2ccccc21. The molecule has 3 nitrogen and oxygen atoms in total. The summed E-state index contributed by atoms with van der Waals surface area (Å²) in [6.07, 6.45) is 10.3. The third kappa shape index (κ3) is 4.94. The molecule has 0 aliphatic heterocycles. The smallest absolute Gasteiger partial charge is 0.263 e. The van der Waals surface area contributed by atoms with Crippen LogP contribution in [0.2, 0.25) is 0 Å². The van der Waals surface area contributed by atoms with Crippen LogP contribution in [0.15, 0.2) is 83.9 Å². The summed E-state index contributed by atoms with van der Waals surface area (Å²) in [5.41, 5.74) is 5.88. The number of aromatic nitrogens is 1. The Morgan fingerprint density at radius 2 is 1.81 bits per heavy atom. The van der Waals surface area contributed by atoms with Crippen LogP contribution in [-0.4, -0.2) is 11.2 Å². The molecule has 0 N–H and O–H groups in total. The van der Waals surface area contributed by atoms with Crippen LogP contribution in [0.3, 0.4) is 0 Å². The molecule has 0 unspecified atom stereocenters. The van der Waals surface area contributed by atoms with Gasteiger partial charge in [-0.15, -0.1) is 0 Å². The molecule has 3 heteroatoms. The summed E-state index contributed by atoms with van der Waals surface area (Å²) >= 11 is 0. The van der Waals surface area contributed by atoms with Gasteiger partial charge < -0.3 is 4.74 Å². The minimum Gasteiger partial charge on any atom is -0.494 e. The zero-order valence-corrected chi connectivity index (χ0v) is 20.3. The summed E-state index contributed by atoms with van der Waals surface area (Å²) in [5, 5.41) is 0.972. The van der Waals surface area contributed by atoms with Gasteiger partial charge in [0.1, 0.15) is 5.76 Å². The fourth-order valence-corrected chi connectivity index (χ4v) is 3.83. The van der Waals surface area contributed by atoms with Gasteiger partial charge in [0.25, 0.3) is 5.56 Å². The lowest BCUT2D eigenvalue weighted by Gasteiger charge is -2.23. The monoisotopic (exact) mass is 429 g/mol. The topological polar surface area (TPSA) is 31.2 Å². The Labute approximate surface area is 192 Å². The minimum atomic E-state index is -0.0810. The maximum atomic E-state index is 14.1. The summed E-state index contributed by atoms with van der Waals surface area (Å²) in [6, 6.07) is 7.99. The van der Waals surface area contributed by atoms with Gasteiger partial charge >= 0.3 is 0 Å². The van der Waals surface area contributed by atoms with E-state index in [2.05, 4.69) is 26.1 Å². The van der Waals surface area contributed by atoms with Crippen LogP contribution in [0.1, 0.15) is 59.1 Å². The van der Waals surface area contributed by atoms with E-state index in [0.717, 1.165) is 45.3 Å². The first-order valence-corrected chi connectivity index (χ1v) is 11.1. The molecule has 2 rings (SSSR count). The maximum Gasteiger partial charge on any atom is 0.263 e. The van der Waals surface area contributed by atoms with Crippen LogP contribution in [0, 0.1) is 0 Å². The second-order valence-corrected chi connectivity index (χ2v) is 7.85. The third-order valence-corrected chi connectivity index (χ3v) is 5.30. The Kier molecular flexibility index (Phi) is 8.83. The molecule has 0 aliphatic carbocycles. The molecule has 0 saturated heterocycles. The molecular formula is C29H35NO2. The summed E-state index contributed by atoms with van der Waals surface area (Å²) in [6.45, 7) is 20.6. The van der Waals surface area contributed by atoms with Gasteiger partial charge in [0.2, 0.25) is 0 Å². The number of hydrogen-bond donors (Lipinski definition) is 0. The number of pyridine rings is 1. The van der Waals surface area contributed by atoms with Crippen molar-refractivity contribution in [2.45, 2.75) is 48.0 Å². The molecule has 2 aromatic rings. The van der Waals surface area contributed by atoms with E-state index in [-0.39, 0.29) is 5.56 Å². The molecule has 0 bridgehead atoms. The second-order valence-electron chi connectivity index (χ2n) is 7.85. The first-order chi connectivity index (χ1) is 15.3. The number of ether oxygens (including phenoxy) is 1. The lowest BCUT2D eigenvalue weighted by atomic mass is 9.89. The quantitative estimate of drug-likeness (QED) is 0.301. The maximum absolute atomic E-state index is 14.1. The number of rotatable bonds is 9. The molecule has 0 fully saturated rings. The van der Waals surface area contributed by atoms with Gasteiger partial charge in [-0.05, 0) is 64.8 Å². The molecule has 0 saturated carbocycles. The van der Waals surface area contributed by atoms with E-state index in [9.17, 15) is 4.79 Å². The highest BCUT2D eigenvalue weighted by Crippen LogP contribution is 2.37. The van der Waals surface area contributed by atoms with E-state index < -0.39 is 0 Å². The first-order valence-electron chi connectivity index (χ1n) is 11.1. The van der Waals surface area contributed by atoms with Gasteiger partial charge in [0.05, 0.1) is 17.7 Å². The van der Waals surface area contributed by atoms with Crippen molar-refractivity contribution in [2.75, 3.05) is 6.61 Å². The highest BCUT2D eigenvalue weighted by molar-refractivity contribution is 6.01.